The van der Waals surface area contributed by atoms with Crippen molar-refractivity contribution >= 4 is 22.5 Å². The number of hydrogen-bond acceptors (Lipinski definition) is 1. The molecule has 3 N–H and O–H groups in total. The molecular formula is C11H10ClF3N2. The molecule has 0 spiro atoms. The number of rotatable bonds is 2. The molecule has 1 aromatic carbocycles. The van der Waals surface area contributed by atoms with Crippen LogP contribution in [0.1, 0.15) is 5.56 Å². The molecule has 2 rings (SSSR count). The van der Waals surface area contributed by atoms with Crippen molar-refractivity contribution in [3.8, 4) is 0 Å². The summed E-state index contributed by atoms with van der Waals surface area (Å²) in [5, 5.41) is 1.25. The zero-order chi connectivity index (χ0) is 12.6. The molecule has 1 unspecified atom stereocenters. The number of nitrogens with two attached hydrogens (primary N) is 1. The Kier molecular flexibility index (Phi) is 3.05. The van der Waals surface area contributed by atoms with Gasteiger partial charge in [0.05, 0.1) is 0 Å². The van der Waals surface area contributed by atoms with E-state index in [0.29, 0.717) is 21.5 Å². The third kappa shape index (κ3) is 2.56. The van der Waals surface area contributed by atoms with E-state index >= 15 is 0 Å². The smallest absolute Gasteiger partial charge is 0.361 e. The molecule has 92 valence electrons. The van der Waals surface area contributed by atoms with Crippen LogP contribution >= 0.6 is 11.6 Å². The molecule has 0 aliphatic heterocycles. The van der Waals surface area contributed by atoms with Crippen molar-refractivity contribution in [2.75, 3.05) is 0 Å². The Morgan fingerprint density at radius 2 is 2.06 bits per heavy atom. The highest BCUT2D eigenvalue weighted by atomic mass is 35.5. The zero-order valence-electron chi connectivity index (χ0n) is 8.68. The molecular weight excluding hydrogens is 253 g/mol. The molecule has 0 saturated heterocycles. The van der Waals surface area contributed by atoms with E-state index in [0.717, 1.165) is 0 Å². The maximum Gasteiger partial charge on any atom is 0.403 e. The molecule has 2 aromatic rings. The van der Waals surface area contributed by atoms with Crippen molar-refractivity contribution in [2.45, 2.75) is 18.6 Å². The number of hydrogen-bond donors (Lipinski definition) is 2. The third-order valence-electron chi connectivity index (χ3n) is 2.59. The molecule has 1 atom stereocenters. The van der Waals surface area contributed by atoms with Crippen LogP contribution in [-0.2, 0) is 6.42 Å². The predicted octanol–water partition coefficient (Wildman–Crippen LogP) is 3.25. The second-order valence-electron chi connectivity index (χ2n) is 3.86. The van der Waals surface area contributed by atoms with Crippen LogP contribution in [0.25, 0.3) is 10.9 Å². The normalized spacial score (nSPS) is 14.2. The highest BCUT2D eigenvalue weighted by Gasteiger charge is 2.36. The van der Waals surface area contributed by atoms with Gasteiger partial charge in [-0.25, -0.2) is 0 Å². The minimum Gasteiger partial charge on any atom is -0.361 e. The van der Waals surface area contributed by atoms with Gasteiger partial charge in [0.15, 0.2) is 0 Å². The van der Waals surface area contributed by atoms with Crippen molar-refractivity contribution in [2.24, 2.45) is 5.73 Å². The second kappa shape index (κ2) is 4.23. The largest absolute Gasteiger partial charge is 0.403 e. The Morgan fingerprint density at radius 1 is 1.35 bits per heavy atom. The molecule has 0 aliphatic rings. The summed E-state index contributed by atoms with van der Waals surface area (Å²) in [6.45, 7) is 0. The minimum absolute atomic E-state index is 0.245. The van der Waals surface area contributed by atoms with Gasteiger partial charge in [0.2, 0.25) is 0 Å². The summed E-state index contributed by atoms with van der Waals surface area (Å²) in [4.78, 5) is 2.88. The van der Waals surface area contributed by atoms with Gasteiger partial charge >= 0.3 is 6.18 Å². The van der Waals surface area contributed by atoms with Crippen LogP contribution in [-0.4, -0.2) is 17.2 Å². The first-order valence-electron chi connectivity index (χ1n) is 4.96. The summed E-state index contributed by atoms with van der Waals surface area (Å²) in [5.41, 5.74) is 6.35. The standard InChI is InChI=1S/C11H10ClF3N2/c12-7-1-2-8-6(5-17-9(8)4-7)3-10(16)11(13,14)15/h1-2,4-5,10,17H,3,16H2. The Balaban J connectivity index is 2.31. The number of alkyl halides is 3. The number of halogens is 4. The van der Waals surface area contributed by atoms with Crippen LogP contribution in [0.5, 0.6) is 0 Å². The Labute approximate surface area is 101 Å². The van der Waals surface area contributed by atoms with Gasteiger partial charge in [-0.1, -0.05) is 17.7 Å². The number of fused-ring (bicyclic) bond motifs is 1. The lowest BCUT2D eigenvalue weighted by Crippen LogP contribution is -2.39. The van der Waals surface area contributed by atoms with Gasteiger partial charge in [-0.05, 0) is 24.1 Å². The van der Waals surface area contributed by atoms with Gasteiger partial charge < -0.3 is 10.7 Å². The van der Waals surface area contributed by atoms with Crippen LogP contribution < -0.4 is 5.73 Å². The molecule has 2 nitrogen and oxygen atoms in total. The van der Waals surface area contributed by atoms with Crippen LogP contribution in [0.3, 0.4) is 0 Å². The van der Waals surface area contributed by atoms with E-state index in [9.17, 15) is 13.2 Å². The monoisotopic (exact) mass is 262 g/mol. The molecule has 6 heteroatoms. The summed E-state index contributed by atoms with van der Waals surface area (Å²) < 4.78 is 37.0. The summed E-state index contributed by atoms with van der Waals surface area (Å²) in [6, 6.07) is 3.14. The van der Waals surface area contributed by atoms with Crippen molar-refractivity contribution in [3.63, 3.8) is 0 Å². The van der Waals surface area contributed by atoms with Crippen molar-refractivity contribution in [1.29, 1.82) is 0 Å². The molecule has 0 bridgehead atoms. The first kappa shape index (κ1) is 12.3. The fourth-order valence-electron chi connectivity index (χ4n) is 1.68. The second-order valence-corrected chi connectivity index (χ2v) is 4.29. The Morgan fingerprint density at radius 3 is 2.71 bits per heavy atom. The van der Waals surface area contributed by atoms with Gasteiger partial charge in [-0.15, -0.1) is 0 Å². The number of aromatic nitrogens is 1. The Bertz CT molecular complexity index is 533. The van der Waals surface area contributed by atoms with E-state index in [4.69, 9.17) is 17.3 Å². The van der Waals surface area contributed by atoms with Crippen LogP contribution in [0.4, 0.5) is 13.2 Å². The molecule has 0 saturated carbocycles. The highest BCUT2D eigenvalue weighted by Crippen LogP contribution is 2.26. The van der Waals surface area contributed by atoms with E-state index in [2.05, 4.69) is 4.98 Å². The first-order chi connectivity index (χ1) is 7.88. The number of benzene rings is 1. The molecule has 0 aliphatic carbocycles. The maximum absolute atomic E-state index is 12.3. The summed E-state index contributed by atoms with van der Waals surface area (Å²) >= 11 is 5.78. The fourth-order valence-corrected chi connectivity index (χ4v) is 1.85. The average Bonchev–Trinajstić information content (AvgIpc) is 2.59. The van der Waals surface area contributed by atoms with Crippen molar-refractivity contribution in [3.05, 3.63) is 35.0 Å². The average molecular weight is 263 g/mol. The summed E-state index contributed by atoms with van der Waals surface area (Å²) in [6.07, 6.45) is -3.09. The molecule has 0 amide bonds. The molecule has 0 radical (unpaired) electrons. The number of H-pyrrole nitrogens is 1. The predicted molar refractivity (Wildman–Crippen MR) is 61.0 cm³/mol. The minimum atomic E-state index is -4.38. The third-order valence-corrected chi connectivity index (χ3v) is 2.82. The number of nitrogens with one attached hydrogen (secondary N) is 1. The van der Waals surface area contributed by atoms with Crippen molar-refractivity contribution in [1.82, 2.24) is 4.98 Å². The highest BCUT2D eigenvalue weighted by molar-refractivity contribution is 6.31. The van der Waals surface area contributed by atoms with E-state index < -0.39 is 12.2 Å². The van der Waals surface area contributed by atoms with Crippen LogP contribution in [0.2, 0.25) is 5.02 Å². The van der Waals surface area contributed by atoms with Gasteiger partial charge in [0, 0.05) is 22.1 Å². The quantitative estimate of drug-likeness (QED) is 0.857. The fraction of sp³-hybridized carbons (Fsp3) is 0.273. The van der Waals surface area contributed by atoms with E-state index in [1.165, 1.54) is 6.20 Å². The molecule has 0 fully saturated rings. The molecule has 1 heterocycles. The molecule has 1 aromatic heterocycles. The topological polar surface area (TPSA) is 41.8 Å². The SMILES string of the molecule is NC(Cc1c[nH]c2cc(Cl)ccc12)C(F)(F)F. The summed E-state index contributed by atoms with van der Waals surface area (Å²) in [7, 11) is 0. The lowest BCUT2D eigenvalue weighted by Gasteiger charge is -2.14. The van der Waals surface area contributed by atoms with E-state index in [1.807, 2.05) is 0 Å². The van der Waals surface area contributed by atoms with Gasteiger partial charge in [0.25, 0.3) is 0 Å². The van der Waals surface area contributed by atoms with Gasteiger partial charge in [-0.3, -0.25) is 0 Å². The van der Waals surface area contributed by atoms with Crippen LogP contribution in [0.15, 0.2) is 24.4 Å². The van der Waals surface area contributed by atoms with Gasteiger partial charge in [0.1, 0.15) is 6.04 Å². The Hall–Kier alpha value is -1.20. The summed E-state index contributed by atoms with van der Waals surface area (Å²) in [5.74, 6) is 0. The lowest BCUT2D eigenvalue weighted by molar-refractivity contribution is -0.147. The van der Waals surface area contributed by atoms with Crippen molar-refractivity contribution < 1.29 is 13.2 Å². The van der Waals surface area contributed by atoms with E-state index in [-0.39, 0.29) is 6.42 Å². The number of aromatic amines is 1. The van der Waals surface area contributed by atoms with E-state index in [1.54, 1.807) is 18.2 Å². The molecule has 17 heavy (non-hydrogen) atoms. The lowest BCUT2D eigenvalue weighted by atomic mass is 10.1. The first-order valence-corrected chi connectivity index (χ1v) is 5.33. The van der Waals surface area contributed by atoms with Gasteiger partial charge in [-0.2, -0.15) is 13.2 Å². The van der Waals surface area contributed by atoms with Crippen LogP contribution in [0, 0.1) is 0 Å². The zero-order valence-corrected chi connectivity index (χ0v) is 9.44. The maximum atomic E-state index is 12.3.